The van der Waals surface area contributed by atoms with Gasteiger partial charge >= 0.3 is 0 Å². The van der Waals surface area contributed by atoms with E-state index in [1.807, 2.05) is 6.08 Å². The SMILES string of the molecule is C=CCCC#CCCCCCCCCCCC. The molecule has 0 spiro atoms. The van der Waals surface area contributed by atoms with Gasteiger partial charge in [0, 0.05) is 12.8 Å². The molecule has 0 heteroatoms. The van der Waals surface area contributed by atoms with Gasteiger partial charge in [0.15, 0.2) is 0 Å². The molecule has 0 aromatic carbocycles. The van der Waals surface area contributed by atoms with E-state index in [0.29, 0.717) is 0 Å². The molecule has 0 aromatic heterocycles. The predicted molar refractivity (Wildman–Crippen MR) is 79.1 cm³/mol. The molecule has 0 aliphatic heterocycles. The van der Waals surface area contributed by atoms with Crippen LogP contribution >= 0.6 is 0 Å². The molecule has 0 N–H and O–H groups in total. The van der Waals surface area contributed by atoms with Gasteiger partial charge in [0.05, 0.1) is 0 Å². The van der Waals surface area contributed by atoms with Gasteiger partial charge in [-0.2, -0.15) is 0 Å². The maximum Gasteiger partial charge on any atom is 0.0123 e. The van der Waals surface area contributed by atoms with Gasteiger partial charge in [0.2, 0.25) is 0 Å². The van der Waals surface area contributed by atoms with Crippen LogP contribution in [-0.2, 0) is 0 Å². The first kappa shape index (κ1) is 16.3. The predicted octanol–water partition coefficient (Wildman–Crippen LogP) is 5.88. The van der Waals surface area contributed by atoms with Gasteiger partial charge < -0.3 is 0 Å². The van der Waals surface area contributed by atoms with Crippen molar-refractivity contribution < 1.29 is 0 Å². The maximum absolute atomic E-state index is 3.69. The molecule has 0 unspecified atom stereocenters. The first-order chi connectivity index (χ1) is 8.41. The van der Waals surface area contributed by atoms with Gasteiger partial charge in [0.1, 0.15) is 0 Å². The summed E-state index contributed by atoms with van der Waals surface area (Å²) in [4.78, 5) is 0. The molecule has 17 heavy (non-hydrogen) atoms. The van der Waals surface area contributed by atoms with Crippen LogP contribution in [-0.4, -0.2) is 0 Å². The van der Waals surface area contributed by atoms with Crippen molar-refractivity contribution in [2.24, 2.45) is 0 Å². The van der Waals surface area contributed by atoms with Crippen LogP contribution in [0.4, 0.5) is 0 Å². The summed E-state index contributed by atoms with van der Waals surface area (Å²) < 4.78 is 0. The molecule has 0 heterocycles. The van der Waals surface area contributed by atoms with E-state index in [4.69, 9.17) is 0 Å². The lowest BCUT2D eigenvalue weighted by Gasteiger charge is -2.00. The Bertz CT molecular complexity index is 204. The first-order valence-corrected chi connectivity index (χ1v) is 7.48. The highest BCUT2D eigenvalue weighted by Crippen LogP contribution is 2.10. The summed E-state index contributed by atoms with van der Waals surface area (Å²) >= 11 is 0. The Morgan fingerprint density at radius 2 is 1.29 bits per heavy atom. The molecule has 0 aliphatic carbocycles. The van der Waals surface area contributed by atoms with Gasteiger partial charge in [-0.3, -0.25) is 0 Å². The Balaban J connectivity index is 3.02. The van der Waals surface area contributed by atoms with Crippen molar-refractivity contribution in [2.75, 3.05) is 0 Å². The van der Waals surface area contributed by atoms with E-state index in [-0.39, 0.29) is 0 Å². The largest absolute Gasteiger partial charge is 0.103 e. The molecular formula is C17H30. The molecule has 0 aromatic rings. The van der Waals surface area contributed by atoms with Crippen LogP contribution in [0.1, 0.15) is 84.0 Å². The van der Waals surface area contributed by atoms with Gasteiger partial charge in [-0.25, -0.2) is 0 Å². The molecule has 0 amide bonds. The number of hydrogen-bond donors (Lipinski definition) is 0. The topological polar surface area (TPSA) is 0 Å². The zero-order valence-corrected chi connectivity index (χ0v) is 11.8. The van der Waals surface area contributed by atoms with Crippen molar-refractivity contribution in [1.29, 1.82) is 0 Å². The third kappa shape index (κ3) is 15.3. The van der Waals surface area contributed by atoms with Crippen LogP contribution in [0.5, 0.6) is 0 Å². The van der Waals surface area contributed by atoms with Gasteiger partial charge in [-0.05, 0) is 12.8 Å². The number of unbranched alkanes of at least 4 members (excludes halogenated alkanes) is 10. The second kappa shape index (κ2) is 15.3. The lowest BCUT2D eigenvalue weighted by atomic mass is 10.1. The van der Waals surface area contributed by atoms with E-state index >= 15 is 0 Å². The van der Waals surface area contributed by atoms with Crippen molar-refractivity contribution in [2.45, 2.75) is 84.0 Å². The minimum Gasteiger partial charge on any atom is -0.103 e. The minimum atomic E-state index is 0.987. The molecule has 0 saturated carbocycles. The van der Waals surface area contributed by atoms with Gasteiger partial charge in [0.25, 0.3) is 0 Å². The summed E-state index contributed by atoms with van der Waals surface area (Å²) in [6, 6.07) is 0. The van der Waals surface area contributed by atoms with Crippen LogP contribution in [0, 0.1) is 11.8 Å². The molecule has 0 radical (unpaired) electrons. The molecule has 0 atom stereocenters. The molecule has 0 fully saturated rings. The Kier molecular flexibility index (Phi) is 14.7. The highest BCUT2D eigenvalue weighted by molar-refractivity contribution is 4.99. The highest BCUT2D eigenvalue weighted by Gasteiger charge is 1.90. The second-order valence-corrected chi connectivity index (χ2v) is 4.76. The molecule has 0 nitrogen and oxygen atoms in total. The molecule has 0 bridgehead atoms. The number of allylic oxidation sites excluding steroid dienone is 1. The third-order valence-electron chi connectivity index (χ3n) is 3.00. The molecule has 98 valence electrons. The van der Waals surface area contributed by atoms with Crippen LogP contribution in [0.2, 0.25) is 0 Å². The summed E-state index contributed by atoms with van der Waals surface area (Å²) in [5, 5.41) is 0. The smallest absolute Gasteiger partial charge is 0.0123 e. The van der Waals surface area contributed by atoms with Gasteiger partial charge in [-0.1, -0.05) is 64.4 Å². The fourth-order valence-corrected chi connectivity index (χ4v) is 1.88. The summed E-state index contributed by atoms with van der Waals surface area (Å²) in [5.41, 5.74) is 0. The minimum absolute atomic E-state index is 0.987. The van der Waals surface area contributed by atoms with Crippen molar-refractivity contribution in [1.82, 2.24) is 0 Å². The summed E-state index contributed by atoms with van der Waals surface area (Å²) in [7, 11) is 0. The average molecular weight is 234 g/mol. The Hall–Kier alpha value is -0.700. The normalized spacial score (nSPS) is 9.71. The van der Waals surface area contributed by atoms with Crippen molar-refractivity contribution in [3.8, 4) is 11.8 Å². The molecular weight excluding hydrogens is 204 g/mol. The quantitative estimate of drug-likeness (QED) is 0.238. The van der Waals surface area contributed by atoms with Crippen molar-refractivity contribution in [3.63, 3.8) is 0 Å². The monoisotopic (exact) mass is 234 g/mol. The van der Waals surface area contributed by atoms with Crippen LogP contribution in [0.3, 0.4) is 0 Å². The summed E-state index contributed by atoms with van der Waals surface area (Å²) in [6.45, 7) is 5.96. The average Bonchev–Trinajstić information content (AvgIpc) is 2.35. The fourth-order valence-electron chi connectivity index (χ4n) is 1.88. The number of hydrogen-bond acceptors (Lipinski definition) is 0. The maximum atomic E-state index is 3.69. The van der Waals surface area contributed by atoms with Crippen LogP contribution < -0.4 is 0 Å². The van der Waals surface area contributed by atoms with E-state index in [1.54, 1.807) is 0 Å². The zero-order valence-electron chi connectivity index (χ0n) is 11.8. The van der Waals surface area contributed by atoms with E-state index in [9.17, 15) is 0 Å². The van der Waals surface area contributed by atoms with E-state index in [2.05, 4.69) is 25.3 Å². The van der Waals surface area contributed by atoms with Gasteiger partial charge in [-0.15, -0.1) is 18.4 Å². The Labute approximate surface area is 109 Å². The summed E-state index contributed by atoms with van der Waals surface area (Å²) in [5.74, 6) is 6.43. The number of rotatable bonds is 11. The molecule has 0 aliphatic rings. The molecule has 0 saturated heterocycles. The van der Waals surface area contributed by atoms with E-state index < -0.39 is 0 Å². The highest BCUT2D eigenvalue weighted by atomic mass is 14.0. The second-order valence-electron chi connectivity index (χ2n) is 4.76. The van der Waals surface area contributed by atoms with Crippen molar-refractivity contribution >= 4 is 0 Å². The lowest BCUT2D eigenvalue weighted by molar-refractivity contribution is 0.567. The first-order valence-electron chi connectivity index (χ1n) is 7.48. The van der Waals surface area contributed by atoms with Crippen LogP contribution in [0.15, 0.2) is 12.7 Å². The van der Waals surface area contributed by atoms with E-state index in [0.717, 1.165) is 19.3 Å². The Morgan fingerprint density at radius 1 is 0.765 bits per heavy atom. The third-order valence-corrected chi connectivity index (χ3v) is 3.00. The lowest BCUT2D eigenvalue weighted by Crippen LogP contribution is -1.80. The van der Waals surface area contributed by atoms with Crippen molar-refractivity contribution in [3.05, 3.63) is 12.7 Å². The van der Waals surface area contributed by atoms with Crippen LogP contribution in [0.25, 0.3) is 0 Å². The standard InChI is InChI=1S/C17H30/c1-3-5-7-9-11-13-15-17-16-14-12-10-8-6-4-2/h3H,1,4-8,10,12-17H2,2H3. The fraction of sp³-hybridized carbons (Fsp3) is 0.765. The molecule has 0 rings (SSSR count). The van der Waals surface area contributed by atoms with E-state index in [1.165, 1.54) is 57.8 Å². The summed E-state index contributed by atoms with van der Waals surface area (Å²) in [6.07, 6.45) is 17.6. The Morgan fingerprint density at radius 3 is 1.88 bits per heavy atom. The zero-order chi connectivity index (χ0) is 12.6.